The summed E-state index contributed by atoms with van der Waals surface area (Å²) < 4.78 is 28.9. The molecule has 3 heterocycles. The Hall–Kier alpha value is -3.51. The molecule has 168 valence electrons. The van der Waals surface area contributed by atoms with E-state index < -0.39 is 29.7 Å². The van der Waals surface area contributed by atoms with E-state index in [-0.39, 0.29) is 43.7 Å². The van der Waals surface area contributed by atoms with Gasteiger partial charge in [-0.2, -0.15) is 8.78 Å². The Morgan fingerprint density at radius 2 is 2.00 bits per heavy atom. The van der Waals surface area contributed by atoms with Gasteiger partial charge in [0.05, 0.1) is 5.56 Å². The number of fused-ring (bicyclic) bond motifs is 1. The van der Waals surface area contributed by atoms with E-state index in [1.54, 1.807) is 18.2 Å². The summed E-state index contributed by atoms with van der Waals surface area (Å²) in [7, 11) is 0. The quantitative estimate of drug-likeness (QED) is 0.358. The zero-order chi connectivity index (χ0) is 23.0. The Bertz CT molecular complexity index is 1080. The minimum absolute atomic E-state index is 0.105. The minimum atomic E-state index is -3.66. The number of nitrogens with zero attached hydrogens (tertiary/aromatic N) is 3. The summed E-state index contributed by atoms with van der Waals surface area (Å²) in [6, 6.07) is 4.05. The van der Waals surface area contributed by atoms with Crippen LogP contribution in [0.2, 0.25) is 0 Å². The van der Waals surface area contributed by atoms with Gasteiger partial charge >= 0.3 is 5.92 Å². The SMILES string of the molecule is Nc1ncc(C(F)(F)C(O)NCc2ccc3c(c2)CN(C2CCC(=O)NC2=O)C3=O)cn1. The monoisotopic (exact) mass is 446 g/mol. The fourth-order valence-corrected chi connectivity index (χ4v) is 3.75. The average molecular weight is 446 g/mol. The molecule has 2 aromatic rings. The number of aliphatic hydroxyl groups is 1. The molecule has 0 saturated carbocycles. The first-order valence-electron chi connectivity index (χ1n) is 9.80. The zero-order valence-corrected chi connectivity index (χ0v) is 16.7. The third kappa shape index (κ3) is 4.01. The molecule has 0 aliphatic carbocycles. The smallest absolute Gasteiger partial charge is 0.314 e. The van der Waals surface area contributed by atoms with E-state index in [1.165, 1.54) is 4.90 Å². The van der Waals surface area contributed by atoms with Crippen molar-refractivity contribution in [1.29, 1.82) is 0 Å². The van der Waals surface area contributed by atoms with Gasteiger partial charge in [-0.25, -0.2) is 9.97 Å². The summed E-state index contributed by atoms with van der Waals surface area (Å²) in [6.07, 6.45) is -0.133. The second kappa shape index (κ2) is 8.20. The second-order valence-electron chi connectivity index (χ2n) is 7.63. The van der Waals surface area contributed by atoms with E-state index in [4.69, 9.17) is 5.73 Å². The largest absolute Gasteiger partial charge is 0.372 e. The van der Waals surface area contributed by atoms with E-state index in [9.17, 15) is 28.3 Å². The molecule has 3 amide bonds. The van der Waals surface area contributed by atoms with Gasteiger partial charge in [-0.3, -0.25) is 25.0 Å². The normalized spacial score (nSPS) is 19.7. The van der Waals surface area contributed by atoms with Crippen LogP contribution in [-0.2, 0) is 28.6 Å². The van der Waals surface area contributed by atoms with Crippen molar-refractivity contribution in [3.63, 3.8) is 0 Å². The Balaban J connectivity index is 1.42. The number of nitrogen functional groups attached to an aromatic ring is 1. The van der Waals surface area contributed by atoms with E-state index >= 15 is 0 Å². The number of aromatic nitrogens is 2. The number of hydrogen-bond acceptors (Lipinski definition) is 8. The number of imide groups is 1. The number of aliphatic hydroxyl groups excluding tert-OH is 1. The van der Waals surface area contributed by atoms with Crippen molar-refractivity contribution in [3.05, 3.63) is 52.8 Å². The van der Waals surface area contributed by atoms with Crippen molar-refractivity contribution >= 4 is 23.7 Å². The molecule has 1 aromatic heterocycles. The molecule has 10 nitrogen and oxygen atoms in total. The number of carbonyl (C=O) groups is 3. The number of carbonyl (C=O) groups excluding carboxylic acids is 3. The van der Waals surface area contributed by atoms with Crippen LogP contribution in [0.1, 0.15) is 39.9 Å². The highest BCUT2D eigenvalue weighted by atomic mass is 19.3. The molecule has 2 aliphatic rings. The Morgan fingerprint density at radius 1 is 1.28 bits per heavy atom. The summed E-state index contributed by atoms with van der Waals surface area (Å²) in [5.41, 5.74) is 6.30. The van der Waals surface area contributed by atoms with Gasteiger partial charge in [-0.1, -0.05) is 12.1 Å². The Kier molecular flexibility index (Phi) is 5.57. The summed E-state index contributed by atoms with van der Waals surface area (Å²) in [4.78, 5) is 44.6. The molecule has 0 spiro atoms. The van der Waals surface area contributed by atoms with Gasteiger partial charge in [-0.15, -0.1) is 0 Å². The number of nitrogens with two attached hydrogens (primary N) is 1. The number of amides is 3. The van der Waals surface area contributed by atoms with E-state index in [2.05, 4.69) is 20.6 Å². The lowest BCUT2D eigenvalue weighted by Crippen LogP contribution is -2.52. The maximum atomic E-state index is 14.4. The van der Waals surface area contributed by atoms with Crippen molar-refractivity contribution in [1.82, 2.24) is 25.5 Å². The van der Waals surface area contributed by atoms with Crippen LogP contribution in [-0.4, -0.2) is 50.0 Å². The Morgan fingerprint density at radius 3 is 2.69 bits per heavy atom. The third-order valence-electron chi connectivity index (χ3n) is 5.49. The van der Waals surface area contributed by atoms with Crippen LogP contribution in [0.5, 0.6) is 0 Å². The fraction of sp³-hybridized carbons (Fsp3) is 0.350. The first kappa shape index (κ1) is 21.7. The van der Waals surface area contributed by atoms with Gasteiger partial charge in [0.1, 0.15) is 6.04 Å². The summed E-state index contributed by atoms with van der Waals surface area (Å²) >= 11 is 0. The van der Waals surface area contributed by atoms with Crippen LogP contribution in [0.4, 0.5) is 14.7 Å². The molecular formula is C20H20F2N6O4. The number of benzene rings is 1. The molecule has 1 saturated heterocycles. The lowest BCUT2D eigenvalue weighted by molar-refractivity contribution is -0.136. The first-order chi connectivity index (χ1) is 15.2. The minimum Gasteiger partial charge on any atom is -0.372 e. The number of rotatable bonds is 6. The van der Waals surface area contributed by atoms with Gasteiger partial charge < -0.3 is 15.7 Å². The van der Waals surface area contributed by atoms with Gasteiger partial charge in [-0.05, 0) is 23.6 Å². The van der Waals surface area contributed by atoms with Crippen LogP contribution in [0, 0.1) is 0 Å². The third-order valence-corrected chi connectivity index (χ3v) is 5.49. The number of nitrogens with one attached hydrogen (secondary N) is 2. The topological polar surface area (TPSA) is 151 Å². The highest BCUT2D eigenvalue weighted by molar-refractivity contribution is 6.05. The van der Waals surface area contributed by atoms with Crippen molar-refractivity contribution in [2.24, 2.45) is 0 Å². The molecule has 2 atom stereocenters. The molecular weight excluding hydrogens is 426 g/mol. The fourth-order valence-electron chi connectivity index (χ4n) is 3.75. The molecule has 2 aliphatic heterocycles. The van der Waals surface area contributed by atoms with Crippen LogP contribution < -0.4 is 16.4 Å². The van der Waals surface area contributed by atoms with Crippen LogP contribution in [0.3, 0.4) is 0 Å². The van der Waals surface area contributed by atoms with Gasteiger partial charge in [0.25, 0.3) is 5.91 Å². The predicted octanol–water partition coefficient (Wildman–Crippen LogP) is 0.0198. The predicted molar refractivity (Wildman–Crippen MR) is 106 cm³/mol. The number of halogens is 2. The first-order valence-corrected chi connectivity index (χ1v) is 9.80. The molecule has 0 bridgehead atoms. The molecule has 1 aromatic carbocycles. The van der Waals surface area contributed by atoms with Crippen molar-refractivity contribution in [2.45, 2.75) is 44.1 Å². The molecule has 12 heteroatoms. The van der Waals surface area contributed by atoms with Gasteiger partial charge in [0.2, 0.25) is 17.8 Å². The van der Waals surface area contributed by atoms with Crippen molar-refractivity contribution in [3.8, 4) is 0 Å². The van der Waals surface area contributed by atoms with E-state index in [1.807, 2.05) is 0 Å². The highest BCUT2D eigenvalue weighted by Crippen LogP contribution is 2.31. The molecule has 32 heavy (non-hydrogen) atoms. The number of alkyl halides is 2. The average Bonchev–Trinajstić information content (AvgIpc) is 3.08. The molecule has 2 unspecified atom stereocenters. The lowest BCUT2D eigenvalue weighted by atomic mass is 10.0. The maximum Gasteiger partial charge on any atom is 0.314 e. The van der Waals surface area contributed by atoms with Crippen LogP contribution in [0.15, 0.2) is 30.6 Å². The van der Waals surface area contributed by atoms with E-state index in [0.29, 0.717) is 16.7 Å². The maximum absolute atomic E-state index is 14.4. The number of hydrogen-bond donors (Lipinski definition) is 4. The molecule has 0 radical (unpaired) electrons. The number of anilines is 1. The second-order valence-corrected chi connectivity index (χ2v) is 7.63. The van der Waals surface area contributed by atoms with Crippen LogP contribution >= 0.6 is 0 Å². The zero-order valence-electron chi connectivity index (χ0n) is 16.7. The molecule has 4 rings (SSSR count). The van der Waals surface area contributed by atoms with Crippen molar-refractivity contribution < 1.29 is 28.3 Å². The summed E-state index contributed by atoms with van der Waals surface area (Å²) in [6.45, 7) is 0.0578. The van der Waals surface area contributed by atoms with Gasteiger partial charge in [0, 0.05) is 37.5 Å². The highest BCUT2D eigenvalue weighted by Gasteiger charge is 2.41. The molecule has 1 fully saturated rings. The lowest BCUT2D eigenvalue weighted by Gasteiger charge is -2.29. The van der Waals surface area contributed by atoms with Crippen LogP contribution in [0.25, 0.3) is 0 Å². The number of piperidine rings is 1. The summed E-state index contributed by atoms with van der Waals surface area (Å²) in [5.74, 6) is -5.04. The van der Waals surface area contributed by atoms with E-state index in [0.717, 1.165) is 12.4 Å². The Labute approximate surface area is 180 Å². The standard InChI is InChI=1S/C20H20F2N6O4/c21-20(22,12-7-25-19(23)26-8-12)18(32)24-6-10-1-2-13-11(5-10)9-28(17(13)31)14-3-4-15(29)27-16(14)30/h1-2,5,7-8,14,18,24,32H,3-4,6,9H2,(H2,23,25,26)(H,27,29,30). The summed E-state index contributed by atoms with van der Waals surface area (Å²) in [5, 5.41) is 14.6. The van der Waals surface area contributed by atoms with Gasteiger partial charge in [0.15, 0.2) is 6.23 Å². The molecule has 5 N–H and O–H groups in total. The van der Waals surface area contributed by atoms with Crippen molar-refractivity contribution in [2.75, 3.05) is 5.73 Å².